The summed E-state index contributed by atoms with van der Waals surface area (Å²) in [6, 6.07) is 16.2. The first-order chi connectivity index (χ1) is 15.6. The maximum absolute atomic E-state index is 10.2. The summed E-state index contributed by atoms with van der Waals surface area (Å²) >= 11 is 0. The van der Waals surface area contributed by atoms with E-state index in [-0.39, 0.29) is 0 Å². The molecule has 0 heterocycles. The molecule has 0 aliphatic rings. The molecule has 0 aromatic heterocycles. The first kappa shape index (κ1) is 26.4. The highest BCUT2D eigenvalue weighted by molar-refractivity contribution is 5.64. The average Bonchev–Trinajstić information content (AvgIpc) is 2.83. The minimum atomic E-state index is -0.624. The number of aliphatic hydroxyl groups is 2. The Labute approximate surface area is 195 Å². The van der Waals surface area contributed by atoms with Gasteiger partial charge in [0.05, 0.1) is 18.8 Å². The van der Waals surface area contributed by atoms with Gasteiger partial charge in [-0.3, -0.25) is 0 Å². The SMILES string of the molecule is CCCCCCCCCCCCOc1ccc(-c2ccc(C(O)CC(O)CC)cc2)cc1. The molecule has 0 bridgehead atoms. The normalized spacial score (nSPS) is 13.1. The molecule has 2 aromatic rings. The molecule has 0 saturated carbocycles. The molecule has 0 aliphatic heterocycles. The number of unbranched alkanes of at least 4 members (excludes halogenated alkanes) is 9. The summed E-state index contributed by atoms with van der Waals surface area (Å²) in [6.45, 7) is 4.97. The van der Waals surface area contributed by atoms with Crippen molar-refractivity contribution in [2.24, 2.45) is 0 Å². The predicted octanol–water partition coefficient (Wildman–Crippen LogP) is 7.85. The zero-order chi connectivity index (χ0) is 23.0. The summed E-state index contributed by atoms with van der Waals surface area (Å²) in [5.41, 5.74) is 3.09. The lowest BCUT2D eigenvalue weighted by atomic mass is 9.98. The Hall–Kier alpha value is -1.84. The van der Waals surface area contributed by atoms with Crippen LogP contribution in [-0.4, -0.2) is 22.9 Å². The van der Waals surface area contributed by atoms with Gasteiger partial charge < -0.3 is 14.9 Å². The second kappa shape index (κ2) is 15.9. The molecule has 0 saturated heterocycles. The molecule has 2 aromatic carbocycles. The monoisotopic (exact) mass is 440 g/mol. The Kier molecular flexibility index (Phi) is 13.1. The third-order valence-corrected chi connectivity index (χ3v) is 6.22. The van der Waals surface area contributed by atoms with Crippen LogP contribution in [0.5, 0.6) is 5.75 Å². The fraction of sp³-hybridized carbons (Fsp3) is 0.586. The van der Waals surface area contributed by atoms with E-state index >= 15 is 0 Å². The van der Waals surface area contributed by atoms with E-state index in [0.717, 1.165) is 35.5 Å². The molecule has 0 aliphatic carbocycles. The second-order valence-corrected chi connectivity index (χ2v) is 8.99. The first-order valence-corrected chi connectivity index (χ1v) is 12.8. The number of rotatable bonds is 17. The van der Waals surface area contributed by atoms with Crippen molar-refractivity contribution in [2.45, 2.75) is 103 Å². The highest BCUT2D eigenvalue weighted by Crippen LogP contribution is 2.26. The van der Waals surface area contributed by atoms with Crippen LogP contribution in [0.2, 0.25) is 0 Å². The lowest BCUT2D eigenvalue weighted by molar-refractivity contribution is 0.0784. The van der Waals surface area contributed by atoms with Crippen LogP contribution < -0.4 is 4.74 Å². The fourth-order valence-corrected chi connectivity index (χ4v) is 3.98. The maximum atomic E-state index is 10.2. The molecular formula is C29H44O3. The van der Waals surface area contributed by atoms with E-state index in [1.807, 2.05) is 43.3 Å². The van der Waals surface area contributed by atoms with Gasteiger partial charge >= 0.3 is 0 Å². The molecule has 3 heteroatoms. The molecule has 2 unspecified atom stereocenters. The van der Waals surface area contributed by atoms with Gasteiger partial charge in [0.2, 0.25) is 0 Å². The second-order valence-electron chi connectivity index (χ2n) is 8.99. The molecular weight excluding hydrogens is 396 g/mol. The zero-order valence-corrected chi connectivity index (χ0v) is 20.3. The molecule has 2 rings (SSSR count). The van der Waals surface area contributed by atoms with Crippen molar-refractivity contribution in [3.05, 3.63) is 54.1 Å². The van der Waals surface area contributed by atoms with Crippen molar-refractivity contribution in [3.8, 4) is 16.9 Å². The highest BCUT2D eigenvalue weighted by Gasteiger charge is 2.12. The largest absolute Gasteiger partial charge is 0.494 e. The number of benzene rings is 2. The van der Waals surface area contributed by atoms with E-state index < -0.39 is 12.2 Å². The third kappa shape index (κ3) is 10.2. The number of hydrogen-bond donors (Lipinski definition) is 2. The average molecular weight is 441 g/mol. The fourth-order valence-electron chi connectivity index (χ4n) is 3.98. The van der Waals surface area contributed by atoms with Crippen LogP contribution in [0.3, 0.4) is 0 Å². The maximum Gasteiger partial charge on any atom is 0.119 e. The van der Waals surface area contributed by atoms with Crippen molar-refractivity contribution in [1.82, 2.24) is 0 Å². The highest BCUT2D eigenvalue weighted by atomic mass is 16.5. The third-order valence-electron chi connectivity index (χ3n) is 6.22. The molecule has 2 atom stereocenters. The summed E-state index contributed by atoms with van der Waals surface area (Å²) in [5, 5.41) is 20.0. The van der Waals surface area contributed by atoms with Crippen molar-refractivity contribution in [1.29, 1.82) is 0 Å². The van der Waals surface area contributed by atoms with Crippen molar-refractivity contribution in [2.75, 3.05) is 6.61 Å². The van der Waals surface area contributed by atoms with E-state index in [9.17, 15) is 10.2 Å². The standard InChI is InChI=1S/C29H44O3/c1-3-5-6-7-8-9-10-11-12-13-22-32-28-20-18-25(19-21-28)24-14-16-26(17-15-24)29(31)23-27(30)4-2/h14-21,27,29-31H,3-13,22-23H2,1-2H3. The predicted molar refractivity (Wildman–Crippen MR) is 135 cm³/mol. The summed E-state index contributed by atoms with van der Waals surface area (Å²) in [7, 11) is 0. The Morgan fingerprint density at radius 3 is 1.69 bits per heavy atom. The van der Waals surface area contributed by atoms with Crippen LogP contribution in [0.25, 0.3) is 11.1 Å². The van der Waals surface area contributed by atoms with E-state index in [1.54, 1.807) is 0 Å². The first-order valence-electron chi connectivity index (χ1n) is 12.8. The van der Waals surface area contributed by atoms with Crippen molar-refractivity contribution in [3.63, 3.8) is 0 Å². The van der Waals surface area contributed by atoms with E-state index in [2.05, 4.69) is 19.1 Å². The van der Waals surface area contributed by atoms with Crippen LogP contribution in [0.15, 0.2) is 48.5 Å². The van der Waals surface area contributed by atoms with Gasteiger partial charge in [0.1, 0.15) is 5.75 Å². The van der Waals surface area contributed by atoms with Crippen molar-refractivity contribution < 1.29 is 14.9 Å². The topological polar surface area (TPSA) is 49.7 Å². The molecule has 3 nitrogen and oxygen atoms in total. The van der Waals surface area contributed by atoms with Crippen LogP contribution >= 0.6 is 0 Å². The lowest BCUT2D eigenvalue weighted by Gasteiger charge is -2.15. The van der Waals surface area contributed by atoms with Gasteiger partial charge in [0.25, 0.3) is 0 Å². The van der Waals surface area contributed by atoms with Crippen LogP contribution in [0.4, 0.5) is 0 Å². The Morgan fingerprint density at radius 1 is 0.656 bits per heavy atom. The van der Waals surface area contributed by atoms with Gasteiger partial charge in [-0.2, -0.15) is 0 Å². The van der Waals surface area contributed by atoms with E-state index in [1.165, 1.54) is 57.8 Å². The van der Waals surface area contributed by atoms with Gasteiger partial charge in [-0.15, -0.1) is 0 Å². The number of hydrogen-bond acceptors (Lipinski definition) is 3. The van der Waals surface area contributed by atoms with Gasteiger partial charge in [0.15, 0.2) is 0 Å². The van der Waals surface area contributed by atoms with Gasteiger partial charge in [-0.25, -0.2) is 0 Å². The van der Waals surface area contributed by atoms with Crippen LogP contribution in [0.1, 0.15) is 103 Å². The summed E-state index contributed by atoms with van der Waals surface area (Å²) in [5.74, 6) is 0.922. The van der Waals surface area contributed by atoms with Gasteiger partial charge in [-0.05, 0) is 41.7 Å². The van der Waals surface area contributed by atoms with Gasteiger partial charge in [0, 0.05) is 6.42 Å². The molecule has 0 spiro atoms. The zero-order valence-electron chi connectivity index (χ0n) is 20.3. The Morgan fingerprint density at radius 2 is 1.16 bits per heavy atom. The van der Waals surface area contributed by atoms with Gasteiger partial charge in [-0.1, -0.05) is 108 Å². The van der Waals surface area contributed by atoms with E-state index in [0.29, 0.717) is 12.8 Å². The van der Waals surface area contributed by atoms with Crippen molar-refractivity contribution >= 4 is 0 Å². The smallest absolute Gasteiger partial charge is 0.119 e. The Bertz CT molecular complexity index is 708. The number of ether oxygens (including phenoxy) is 1. The number of aliphatic hydroxyl groups excluding tert-OH is 2. The molecule has 178 valence electrons. The molecule has 32 heavy (non-hydrogen) atoms. The summed E-state index contributed by atoms with van der Waals surface area (Å²) in [4.78, 5) is 0. The minimum absolute atomic E-state index is 0.376. The summed E-state index contributed by atoms with van der Waals surface area (Å²) in [6.07, 6.45) is 13.3. The van der Waals surface area contributed by atoms with E-state index in [4.69, 9.17) is 4.74 Å². The van der Waals surface area contributed by atoms with Crippen LogP contribution in [-0.2, 0) is 0 Å². The Balaban J connectivity index is 1.64. The minimum Gasteiger partial charge on any atom is -0.494 e. The van der Waals surface area contributed by atoms with Crippen LogP contribution in [0, 0.1) is 0 Å². The quantitative estimate of drug-likeness (QED) is 0.246. The molecule has 0 fully saturated rings. The molecule has 0 amide bonds. The summed E-state index contributed by atoms with van der Waals surface area (Å²) < 4.78 is 5.91. The molecule has 0 radical (unpaired) electrons. The molecule has 2 N–H and O–H groups in total. The lowest BCUT2D eigenvalue weighted by Crippen LogP contribution is -2.10.